The minimum Gasteiger partial charge on any atom is -0.328 e. The molecule has 1 heterocycles. The van der Waals surface area contributed by atoms with E-state index in [1.807, 2.05) is 6.92 Å². The van der Waals surface area contributed by atoms with Gasteiger partial charge in [0, 0.05) is 19.1 Å². The lowest BCUT2D eigenvalue weighted by atomic mass is 10.0. The number of likely N-dealkylation sites (tertiary alicyclic amines) is 1. The van der Waals surface area contributed by atoms with Crippen molar-refractivity contribution < 1.29 is 4.39 Å². The predicted octanol–water partition coefficient (Wildman–Crippen LogP) is 3.30. The monoisotopic (exact) mass is 290 g/mol. The number of rotatable bonds is 3. The van der Waals surface area contributed by atoms with Gasteiger partial charge >= 0.3 is 0 Å². The molecule has 100 valence electrons. The largest absolute Gasteiger partial charge is 0.328 e. The number of benzene rings is 1. The Morgan fingerprint density at radius 2 is 2.17 bits per heavy atom. The van der Waals surface area contributed by atoms with Crippen molar-refractivity contribution in [2.45, 2.75) is 25.9 Å². The van der Waals surface area contributed by atoms with Gasteiger partial charge in [-0.25, -0.2) is 4.39 Å². The van der Waals surface area contributed by atoms with E-state index in [-0.39, 0.29) is 11.1 Å². The Balaban J connectivity index is 2.05. The van der Waals surface area contributed by atoms with Gasteiger partial charge in [0.1, 0.15) is 5.82 Å². The van der Waals surface area contributed by atoms with Crippen molar-refractivity contribution in [2.75, 3.05) is 13.1 Å². The second-order valence-electron chi connectivity index (χ2n) is 4.98. The third kappa shape index (κ3) is 2.97. The Labute approximate surface area is 117 Å². The van der Waals surface area contributed by atoms with Crippen LogP contribution in [0.1, 0.15) is 18.9 Å². The van der Waals surface area contributed by atoms with Crippen molar-refractivity contribution in [3.8, 4) is 0 Å². The zero-order valence-electron chi connectivity index (χ0n) is 10.3. The van der Waals surface area contributed by atoms with Gasteiger partial charge in [0.05, 0.1) is 10.0 Å². The SMILES string of the molecule is CC(N)C1CCN(Cc2ccc(F)c(Cl)c2Cl)C1. The van der Waals surface area contributed by atoms with Gasteiger partial charge in [0.2, 0.25) is 0 Å². The van der Waals surface area contributed by atoms with Crippen LogP contribution in [-0.4, -0.2) is 24.0 Å². The molecule has 0 amide bonds. The zero-order valence-corrected chi connectivity index (χ0v) is 11.8. The van der Waals surface area contributed by atoms with Crippen LogP contribution in [0, 0.1) is 11.7 Å². The lowest BCUT2D eigenvalue weighted by Crippen LogP contribution is -2.29. The summed E-state index contributed by atoms with van der Waals surface area (Å²) in [5.41, 5.74) is 6.77. The minimum atomic E-state index is -0.472. The van der Waals surface area contributed by atoms with Gasteiger partial charge in [0.25, 0.3) is 0 Å². The molecular weight excluding hydrogens is 274 g/mol. The number of nitrogens with two attached hydrogens (primary N) is 1. The van der Waals surface area contributed by atoms with Gasteiger partial charge in [-0.05, 0) is 37.4 Å². The van der Waals surface area contributed by atoms with E-state index in [9.17, 15) is 4.39 Å². The summed E-state index contributed by atoms with van der Waals surface area (Å²) < 4.78 is 13.2. The Bertz CT molecular complexity index is 437. The van der Waals surface area contributed by atoms with Gasteiger partial charge in [-0.2, -0.15) is 0 Å². The highest BCUT2D eigenvalue weighted by Gasteiger charge is 2.25. The van der Waals surface area contributed by atoms with Crippen molar-refractivity contribution in [3.05, 3.63) is 33.6 Å². The smallest absolute Gasteiger partial charge is 0.143 e. The molecule has 0 bridgehead atoms. The molecule has 18 heavy (non-hydrogen) atoms. The molecule has 0 radical (unpaired) electrons. The Kier molecular flexibility index (Phi) is 4.49. The maximum Gasteiger partial charge on any atom is 0.143 e. The first kappa shape index (κ1) is 14.1. The van der Waals surface area contributed by atoms with Gasteiger partial charge in [-0.3, -0.25) is 4.90 Å². The zero-order chi connectivity index (χ0) is 13.3. The first-order valence-corrected chi connectivity index (χ1v) is 6.85. The van der Waals surface area contributed by atoms with E-state index < -0.39 is 5.82 Å². The first-order valence-electron chi connectivity index (χ1n) is 6.09. The second kappa shape index (κ2) is 5.74. The van der Waals surface area contributed by atoms with E-state index in [0.717, 1.165) is 25.1 Å². The molecule has 2 nitrogen and oxygen atoms in total. The van der Waals surface area contributed by atoms with Crippen LogP contribution in [0.2, 0.25) is 10.0 Å². The number of halogens is 3. The fourth-order valence-corrected chi connectivity index (χ4v) is 2.76. The Hall–Kier alpha value is -0.350. The van der Waals surface area contributed by atoms with Gasteiger partial charge in [-0.1, -0.05) is 29.3 Å². The maximum absolute atomic E-state index is 13.2. The molecule has 2 atom stereocenters. The molecule has 2 rings (SSSR count). The van der Waals surface area contributed by atoms with E-state index >= 15 is 0 Å². The number of nitrogens with zero attached hydrogens (tertiary/aromatic N) is 1. The van der Waals surface area contributed by atoms with Crippen LogP contribution >= 0.6 is 23.2 Å². The summed E-state index contributed by atoms with van der Waals surface area (Å²) in [4.78, 5) is 2.28. The summed E-state index contributed by atoms with van der Waals surface area (Å²) >= 11 is 11.9. The van der Waals surface area contributed by atoms with Crippen LogP contribution in [0.4, 0.5) is 4.39 Å². The molecule has 0 aromatic heterocycles. The first-order chi connectivity index (χ1) is 8.49. The molecule has 0 spiro atoms. The Morgan fingerprint density at radius 1 is 1.44 bits per heavy atom. The van der Waals surface area contributed by atoms with Crippen LogP contribution in [-0.2, 0) is 6.54 Å². The highest BCUT2D eigenvalue weighted by atomic mass is 35.5. The molecule has 1 aliphatic heterocycles. The van der Waals surface area contributed by atoms with Crippen molar-refractivity contribution in [1.82, 2.24) is 4.90 Å². The minimum absolute atomic E-state index is 0.0112. The molecule has 2 unspecified atom stereocenters. The predicted molar refractivity (Wildman–Crippen MR) is 73.5 cm³/mol. The molecule has 1 aromatic rings. The lowest BCUT2D eigenvalue weighted by molar-refractivity contribution is 0.308. The average molecular weight is 291 g/mol. The lowest BCUT2D eigenvalue weighted by Gasteiger charge is -2.18. The van der Waals surface area contributed by atoms with Gasteiger partial charge < -0.3 is 5.73 Å². The van der Waals surface area contributed by atoms with Crippen LogP contribution in [0.5, 0.6) is 0 Å². The molecule has 1 aromatic carbocycles. The van der Waals surface area contributed by atoms with Crippen LogP contribution < -0.4 is 5.73 Å². The quantitative estimate of drug-likeness (QED) is 0.866. The van der Waals surface area contributed by atoms with Crippen molar-refractivity contribution in [3.63, 3.8) is 0 Å². The van der Waals surface area contributed by atoms with E-state index in [0.29, 0.717) is 17.5 Å². The van der Waals surface area contributed by atoms with E-state index in [1.165, 1.54) is 6.07 Å². The van der Waals surface area contributed by atoms with Gasteiger partial charge in [0.15, 0.2) is 0 Å². The van der Waals surface area contributed by atoms with E-state index in [4.69, 9.17) is 28.9 Å². The van der Waals surface area contributed by atoms with Crippen LogP contribution in [0.25, 0.3) is 0 Å². The molecular formula is C13H17Cl2FN2. The Morgan fingerprint density at radius 3 is 2.78 bits per heavy atom. The second-order valence-corrected chi connectivity index (χ2v) is 5.73. The fourth-order valence-electron chi connectivity index (χ4n) is 2.36. The molecule has 1 fully saturated rings. The maximum atomic E-state index is 13.2. The molecule has 0 aliphatic carbocycles. The normalized spacial score (nSPS) is 22.4. The summed E-state index contributed by atoms with van der Waals surface area (Å²) in [7, 11) is 0. The average Bonchev–Trinajstić information content (AvgIpc) is 2.79. The molecule has 1 aliphatic rings. The summed E-state index contributed by atoms with van der Waals surface area (Å²) in [6.07, 6.45) is 1.10. The van der Waals surface area contributed by atoms with E-state index in [2.05, 4.69) is 4.90 Å². The highest BCUT2D eigenvalue weighted by Crippen LogP contribution is 2.30. The summed E-state index contributed by atoms with van der Waals surface area (Å²) in [6.45, 7) is 4.69. The molecule has 5 heteroatoms. The fraction of sp³-hybridized carbons (Fsp3) is 0.538. The topological polar surface area (TPSA) is 29.3 Å². The standard InChI is InChI=1S/C13H17Cl2FN2/c1-8(17)9-4-5-18(6-9)7-10-2-3-11(16)13(15)12(10)14/h2-3,8-9H,4-7,17H2,1H3. The number of hydrogen-bond acceptors (Lipinski definition) is 2. The summed E-state index contributed by atoms with van der Waals surface area (Å²) in [5.74, 6) is 0.0555. The van der Waals surface area contributed by atoms with Crippen LogP contribution in [0.3, 0.4) is 0 Å². The number of hydrogen-bond donors (Lipinski definition) is 1. The van der Waals surface area contributed by atoms with Crippen molar-refractivity contribution in [2.24, 2.45) is 11.7 Å². The third-order valence-corrected chi connectivity index (χ3v) is 4.46. The molecule has 2 N–H and O–H groups in total. The van der Waals surface area contributed by atoms with E-state index in [1.54, 1.807) is 6.07 Å². The van der Waals surface area contributed by atoms with Gasteiger partial charge in [-0.15, -0.1) is 0 Å². The molecule has 0 saturated carbocycles. The molecule has 1 saturated heterocycles. The van der Waals surface area contributed by atoms with Crippen LogP contribution in [0.15, 0.2) is 12.1 Å². The summed E-state index contributed by atoms with van der Waals surface area (Å²) in [6, 6.07) is 3.27. The third-order valence-electron chi connectivity index (χ3n) is 3.56. The summed E-state index contributed by atoms with van der Waals surface area (Å²) in [5, 5.41) is 0.332. The highest BCUT2D eigenvalue weighted by molar-refractivity contribution is 6.42. The van der Waals surface area contributed by atoms with Crippen molar-refractivity contribution in [1.29, 1.82) is 0 Å². The van der Waals surface area contributed by atoms with Crippen molar-refractivity contribution >= 4 is 23.2 Å².